The third kappa shape index (κ3) is 2.47. The van der Waals surface area contributed by atoms with Crippen molar-refractivity contribution in [1.82, 2.24) is 0 Å². The Morgan fingerprint density at radius 3 is 1.92 bits per heavy atom. The zero-order valence-corrected chi connectivity index (χ0v) is 10.1. The van der Waals surface area contributed by atoms with Crippen molar-refractivity contribution in [3.05, 3.63) is 35.4 Å². The lowest BCUT2D eigenvalue weighted by Gasteiger charge is -2.18. The maximum Gasteiger partial charge on any atom is 0.0247 e. The molecule has 12 heavy (non-hydrogen) atoms. The molecule has 0 heterocycles. The predicted octanol–water partition coefficient (Wildman–Crippen LogP) is 3.92. The fourth-order valence-electron chi connectivity index (χ4n) is 1.09. The number of hydrogen-bond acceptors (Lipinski definition) is 0. The van der Waals surface area contributed by atoms with Gasteiger partial charge in [0.15, 0.2) is 0 Å². The second kappa shape index (κ2) is 3.77. The van der Waals surface area contributed by atoms with Gasteiger partial charge in [0.2, 0.25) is 0 Å². The van der Waals surface area contributed by atoms with Crippen LogP contribution in [0.5, 0.6) is 0 Å². The maximum absolute atomic E-state index is 2.39. The Labute approximate surface area is 88.5 Å². The Hall–Kier alpha value is -0.0500. The summed E-state index contributed by atoms with van der Waals surface area (Å²) >= 11 is 2.39. The van der Waals surface area contributed by atoms with E-state index in [1.54, 1.807) is 0 Å². The average Bonchev–Trinajstić information content (AvgIpc) is 2.03. The van der Waals surface area contributed by atoms with E-state index in [0.29, 0.717) is 0 Å². The van der Waals surface area contributed by atoms with E-state index in [1.807, 2.05) is 0 Å². The molecular weight excluding hydrogens is 259 g/mol. The van der Waals surface area contributed by atoms with Gasteiger partial charge in [-0.05, 0) is 16.5 Å². The van der Waals surface area contributed by atoms with Gasteiger partial charge in [0, 0.05) is 4.43 Å². The summed E-state index contributed by atoms with van der Waals surface area (Å²) in [7, 11) is 0. The molecule has 0 aromatic heterocycles. The van der Waals surface area contributed by atoms with Crippen LogP contribution in [0.25, 0.3) is 0 Å². The second-order valence-corrected chi connectivity index (χ2v) is 4.84. The Balaban J connectivity index is 2.93. The van der Waals surface area contributed by atoms with Crippen molar-refractivity contribution in [1.29, 1.82) is 0 Å². The van der Waals surface area contributed by atoms with E-state index in [0.717, 1.165) is 4.43 Å². The van der Waals surface area contributed by atoms with Gasteiger partial charge in [0.05, 0.1) is 0 Å². The highest BCUT2D eigenvalue weighted by Gasteiger charge is 2.12. The van der Waals surface area contributed by atoms with Crippen LogP contribution < -0.4 is 0 Å². The highest BCUT2D eigenvalue weighted by Crippen LogP contribution is 2.22. The minimum Gasteiger partial charge on any atom is -0.0812 e. The SMILES string of the molecule is CC(C)(C)c1ccc(CI)cc1. The molecule has 0 saturated carbocycles. The molecule has 0 aliphatic heterocycles. The quantitative estimate of drug-likeness (QED) is 0.538. The summed E-state index contributed by atoms with van der Waals surface area (Å²) in [5.41, 5.74) is 3.10. The van der Waals surface area contributed by atoms with E-state index in [1.165, 1.54) is 11.1 Å². The van der Waals surface area contributed by atoms with Gasteiger partial charge in [0.25, 0.3) is 0 Å². The van der Waals surface area contributed by atoms with E-state index in [-0.39, 0.29) is 5.41 Å². The summed E-state index contributed by atoms with van der Waals surface area (Å²) in [4.78, 5) is 0. The predicted molar refractivity (Wildman–Crippen MR) is 62.9 cm³/mol. The number of rotatable bonds is 1. The lowest BCUT2D eigenvalue weighted by Crippen LogP contribution is -2.10. The lowest BCUT2D eigenvalue weighted by molar-refractivity contribution is 0.590. The number of halogens is 1. The summed E-state index contributed by atoms with van der Waals surface area (Å²) in [6.07, 6.45) is 0. The lowest BCUT2D eigenvalue weighted by atomic mass is 9.87. The van der Waals surface area contributed by atoms with E-state index < -0.39 is 0 Å². The van der Waals surface area contributed by atoms with Crippen molar-refractivity contribution in [2.45, 2.75) is 30.6 Å². The summed E-state index contributed by atoms with van der Waals surface area (Å²) in [5, 5.41) is 0. The third-order valence-electron chi connectivity index (χ3n) is 1.97. The van der Waals surface area contributed by atoms with Gasteiger partial charge < -0.3 is 0 Å². The van der Waals surface area contributed by atoms with Gasteiger partial charge >= 0.3 is 0 Å². The first kappa shape index (κ1) is 10.0. The summed E-state index contributed by atoms with van der Waals surface area (Å²) in [6.45, 7) is 6.73. The van der Waals surface area contributed by atoms with Crippen molar-refractivity contribution < 1.29 is 0 Å². The molecule has 0 bridgehead atoms. The van der Waals surface area contributed by atoms with E-state index in [9.17, 15) is 0 Å². The van der Waals surface area contributed by atoms with Crippen LogP contribution in [0.1, 0.15) is 31.9 Å². The molecule has 1 heteroatoms. The van der Waals surface area contributed by atoms with Gasteiger partial charge in [-0.2, -0.15) is 0 Å². The number of hydrogen-bond donors (Lipinski definition) is 0. The van der Waals surface area contributed by atoms with Crippen molar-refractivity contribution >= 4 is 22.6 Å². The summed E-state index contributed by atoms with van der Waals surface area (Å²) in [5.74, 6) is 0. The molecule has 1 aromatic carbocycles. The molecule has 0 saturated heterocycles. The molecule has 0 unspecified atom stereocenters. The summed E-state index contributed by atoms with van der Waals surface area (Å²) in [6, 6.07) is 8.89. The highest BCUT2D eigenvalue weighted by molar-refractivity contribution is 14.1. The van der Waals surface area contributed by atoms with Crippen molar-refractivity contribution in [2.24, 2.45) is 0 Å². The fourth-order valence-corrected chi connectivity index (χ4v) is 1.60. The van der Waals surface area contributed by atoms with Crippen molar-refractivity contribution in [3.63, 3.8) is 0 Å². The summed E-state index contributed by atoms with van der Waals surface area (Å²) < 4.78 is 1.10. The van der Waals surface area contributed by atoms with Crippen LogP contribution in [0.3, 0.4) is 0 Å². The van der Waals surface area contributed by atoms with Crippen LogP contribution in [0.4, 0.5) is 0 Å². The van der Waals surface area contributed by atoms with Gasteiger partial charge in [-0.1, -0.05) is 67.6 Å². The van der Waals surface area contributed by atoms with Crippen molar-refractivity contribution in [3.8, 4) is 0 Å². The molecule has 1 aromatic rings. The molecule has 0 radical (unpaired) electrons. The molecular formula is C11H15I. The minimum absolute atomic E-state index is 0.282. The molecule has 0 N–H and O–H groups in total. The van der Waals surface area contributed by atoms with Crippen LogP contribution in [0.2, 0.25) is 0 Å². The molecule has 1 rings (SSSR count). The first-order valence-corrected chi connectivity index (χ1v) is 5.72. The average molecular weight is 274 g/mol. The van der Waals surface area contributed by atoms with Crippen LogP contribution in [-0.4, -0.2) is 0 Å². The van der Waals surface area contributed by atoms with Gasteiger partial charge in [-0.25, -0.2) is 0 Å². The number of benzene rings is 1. The van der Waals surface area contributed by atoms with E-state index in [4.69, 9.17) is 0 Å². The molecule has 0 amide bonds. The molecule has 66 valence electrons. The van der Waals surface area contributed by atoms with Crippen LogP contribution in [-0.2, 0) is 9.84 Å². The van der Waals surface area contributed by atoms with Gasteiger partial charge in [0.1, 0.15) is 0 Å². The maximum atomic E-state index is 2.39. The van der Waals surface area contributed by atoms with Crippen LogP contribution >= 0.6 is 22.6 Å². The first-order chi connectivity index (χ1) is 5.54. The Kier molecular flexibility index (Phi) is 3.16. The monoisotopic (exact) mass is 274 g/mol. The highest BCUT2D eigenvalue weighted by atomic mass is 127. The third-order valence-corrected chi connectivity index (χ3v) is 2.86. The molecule has 0 nitrogen and oxygen atoms in total. The molecule has 0 spiro atoms. The van der Waals surface area contributed by atoms with Gasteiger partial charge in [-0.3, -0.25) is 0 Å². The second-order valence-electron chi connectivity index (χ2n) is 4.08. The zero-order chi connectivity index (χ0) is 9.19. The first-order valence-electron chi connectivity index (χ1n) is 4.19. The Morgan fingerprint density at radius 2 is 1.58 bits per heavy atom. The molecule has 0 fully saturated rings. The molecule has 0 atom stereocenters. The van der Waals surface area contributed by atoms with E-state index >= 15 is 0 Å². The molecule has 0 aliphatic carbocycles. The Morgan fingerprint density at radius 1 is 1.08 bits per heavy atom. The van der Waals surface area contributed by atoms with Crippen LogP contribution in [0.15, 0.2) is 24.3 Å². The van der Waals surface area contributed by atoms with E-state index in [2.05, 4.69) is 67.6 Å². The minimum atomic E-state index is 0.282. The smallest absolute Gasteiger partial charge is 0.0247 e. The Bertz CT molecular complexity index is 241. The standard InChI is InChI=1S/C11H15I/c1-11(2,3)10-6-4-9(8-12)5-7-10/h4-7H,8H2,1-3H3. The van der Waals surface area contributed by atoms with Gasteiger partial charge in [-0.15, -0.1) is 0 Å². The fraction of sp³-hybridized carbons (Fsp3) is 0.455. The number of alkyl halides is 1. The molecule has 0 aliphatic rings. The topological polar surface area (TPSA) is 0 Å². The largest absolute Gasteiger partial charge is 0.0812 e. The zero-order valence-electron chi connectivity index (χ0n) is 7.89. The van der Waals surface area contributed by atoms with Crippen molar-refractivity contribution in [2.75, 3.05) is 0 Å². The van der Waals surface area contributed by atoms with Crippen LogP contribution in [0, 0.1) is 0 Å². The normalized spacial score (nSPS) is 11.7.